The first-order valence-corrected chi connectivity index (χ1v) is 8.62. The minimum absolute atomic E-state index is 0.0883. The Morgan fingerprint density at radius 2 is 1.96 bits per heavy atom. The molecule has 1 aromatic heterocycles. The molecule has 1 amide bonds. The van der Waals surface area contributed by atoms with Crippen LogP contribution in [0.15, 0.2) is 6.20 Å². The van der Waals surface area contributed by atoms with Gasteiger partial charge in [-0.05, 0) is 39.5 Å². The van der Waals surface area contributed by atoms with Crippen molar-refractivity contribution in [2.75, 3.05) is 19.8 Å². The van der Waals surface area contributed by atoms with Gasteiger partial charge in [-0.2, -0.15) is 0 Å². The standard InChI is InChI=1S/C17H32N4O3/c1-14(2)7-6-8-23-9-10-24-13-15-11-21(20-19-15)12-16(22)18-17(3,4)5/h11,14H,6-10,12-13H2,1-5H3,(H,18,22). The van der Waals surface area contributed by atoms with Crippen molar-refractivity contribution >= 4 is 5.91 Å². The Kier molecular flexibility index (Phi) is 8.92. The van der Waals surface area contributed by atoms with Crippen molar-refractivity contribution in [3.05, 3.63) is 11.9 Å². The average molecular weight is 340 g/mol. The SMILES string of the molecule is CC(C)CCCOCCOCc1cn(CC(=O)NC(C)(C)C)nn1. The molecule has 1 rings (SSSR count). The number of carbonyl (C=O) groups excluding carboxylic acids is 1. The Morgan fingerprint density at radius 3 is 2.62 bits per heavy atom. The van der Waals surface area contributed by atoms with Crippen LogP contribution in [0.4, 0.5) is 0 Å². The number of rotatable bonds is 11. The van der Waals surface area contributed by atoms with Crippen molar-refractivity contribution in [2.45, 2.75) is 66.2 Å². The molecule has 0 bridgehead atoms. The Bertz CT molecular complexity index is 480. The molecule has 0 aliphatic heterocycles. The number of carbonyl (C=O) groups is 1. The summed E-state index contributed by atoms with van der Waals surface area (Å²) in [7, 11) is 0. The average Bonchev–Trinajstić information content (AvgIpc) is 2.86. The Labute approximate surface area is 145 Å². The lowest BCUT2D eigenvalue weighted by molar-refractivity contribution is -0.123. The van der Waals surface area contributed by atoms with Gasteiger partial charge in [-0.3, -0.25) is 4.79 Å². The summed E-state index contributed by atoms with van der Waals surface area (Å²) >= 11 is 0. The van der Waals surface area contributed by atoms with Gasteiger partial charge in [-0.25, -0.2) is 4.68 Å². The number of amides is 1. The van der Waals surface area contributed by atoms with Crippen molar-refractivity contribution in [1.82, 2.24) is 20.3 Å². The molecular weight excluding hydrogens is 308 g/mol. The second-order valence-electron chi connectivity index (χ2n) is 7.41. The molecule has 0 aromatic carbocycles. The summed E-state index contributed by atoms with van der Waals surface area (Å²) in [5, 5.41) is 10.8. The molecule has 0 aliphatic carbocycles. The van der Waals surface area contributed by atoms with Crippen LogP contribution >= 0.6 is 0 Å². The van der Waals surface area contributed by atoms with E-state index in [0.29, 0.717) is 25.5 Å². The highest BCUT2D eigenvalue weighted by Gasteiger charge is 2.14. The molecule has 7 heteroatoms. The first-order valence-electron chi connectivity index (χ1n) is 8.62. The van der Waals surface area contributed by atoms with Gasteiger partial charge in [-0.15, -0.1) is 5.10 Å². The van der Waals surface area contributed by atoms with E-state index >= 15 is 0 Å². The van der Waals surface area contributed by atoms with Crippen LogP contribution < -0.4 is 5.32 Å². The number of ether oxygens (including phenoxy) is 2. The molecule has 0 fully saturated rings. The first kappa shape index (κ1) is 20.6. The van der Waals surface area contributed by atoms with Gasteiger partial charge in [0.2, 0.25) is 5.91 Å². The lowest BCUT2D eigenvalue weighted by Gasteiger charge is -2.20. The van der Waals surface area contributed by atoms with Crippen LogP contribution in [-0.2, 0) is 27.4 Å². The zero-order chi connectivity index (χ0) is 18.0. The third-order valence-corrected chi connectivity index (χ3v) is 3.10. The van der Waals surface area contributed by atoms with Crippen molar-refractivity contribution in [3.8, 4) is 0 Å². The Balaban J connectivity index is 2.13. The zero-order valence-corrected chi connectivity index (χ0v) is 15.7. The molecule has 0 aliphatic rings. The minimum Gasteiger partial charge on any atom is -0.379 e. The predicted octanol–water partition coefficient (Wildman–Crippen LogP) is 2.16. The maximum atomic E-state index is 11.8. The van der Waals surface area contributed by atoms with Crippen molar-refractivity contribution < 1.29 is 14.3 Å². The van der Waals surface area contributed by atoms with Crippen LogP contribution in [0.5, 0.6) is 0 Å². The molecule has 0 saturated heterocycles. The van der Waals surface area contributed by atoms with E-state index in [9.17, 15) is 4.79 Å². The maximum absolute atomic E-state index is 11.8. The fraction of sp³-hybridized carbons (Fsp3) is 0.824. The van der Waals surface area contributed by atoms with Gasteiger partial charge >= 0.3 is 0 Å². The van der Waals surface area contributed by atoms with Crippen molar-refractivity contribution in [3.63, 3.8) is 0 Å². The number of hydrogen-bond acceptors (Lipinski definition) is 5. The number of hydrogen-bond donors (Lipinski definition) is 1. The van der Waals surface area contributed by atoms with Crippen LogP contribution in [0.2, 0.25) is 0 Å². The van der Waals surface area contributed by atoms with E-state index in [4.69, 9.17) is 9.47 Å². The molecule has 1 N–H and O–H groups in total. The van der Waals surface area contributed by atoms with Crippen LogP contribution in [0.3, 0.4) is 0 Å². The lowest BCUT2D eigenvalue weighted by Crippen LogP contribution is -2.42. The molecule has 0 saturated carbocycles. The summed E-state index contributed by atoms with van der Waals surface area (Å²) in [6.45, 7) is 12.7. The number of nitrogens with one attached hydrogen (secondary N) is 1. The maximum Gasteiger partial charge on any atom is 0.242 e. The van der Waals surface area contributed by atoms with Gasteiger partial charge in [0, 0.05) is 12.1 Å². The summed E-state index contributed by atoms with van der Waals surface area (Å²) in [4.78, 5) is 11.8. The molecule has 7 nitrogen and oxygen atoms in total. The zero-order valence-electron chi connectivity index (χ0n) is 15.7. The molecule has 0 radical (unpaired) electrons. The Hall–Kier alpha value is -1.47. The second kappa shape index (κ2) is 10.4. The van der Waals surface area contributed by atoms with E-state index in [0.717, 1.165) is 18.9 Å². The van der Waals surface area contributed by atoms with Crippen molar-refractivity contribution in [1.29, 1.82) is 0 Å². The second-order valence-corrected chi connectivity index (χ2v) is 7.41. The number of nitrogens with zero attached hydrogens (tertiary/aromatic N) is 3. The smallest absolute Gasteiger partial charge is 0.242 e. The van der Waals surface area contributed by atoms with Gasteiger partial charge in [-0.1, -0.05) is 19.1 Å². The normalized spacial score (nSPS) is 11.9. The van der Waals surface area contributed by atoms with Crippen molar-refractivity contribution in [2.24, 2.45) is 5.92 Å². The van der Waals surface area contributed by atoms with Gasteiger partial charge < -0.3 is 14.8 Å². The molecule has 138 valence electrons. The topological polar surface area (TPSA) is 78.3 Å². The molecule has 1 heterocycles. The Morgan fingerprint density at radius 1 is 1.25 bits per heavy atom. The van der Waals surface area contributed by atoms with Gasteiger partial charge in [0.1, 0.15) is 12.2 Å². The highest BCUT2D eigenvalue weighted by molar-refractivity contribution is 5.76. The van der Waals surface area contributed by atoms with Crippen LogP contribution in [-0.4, -0.2) is 46.3 Å². The third kappa shape index (κ3) is 10.3. The summed E-state index contributed by atoms with van der Waals surface area (Å²) < 4.78 is 12.5. The largest absolute Gasteiger partial charge is 0.379 e. The van der Waals surface area contributed by atoms with E-state index in [-0.39, 0.29) is 18.0 Å². The lowest BCUT2D eigenvalue weighted by atomic mass is 10.1. The summed E-state index contributed by atoms with van der Waals surface area (Å²) in [6.07, 6.45) is 4.00. The first-order chi connectivity index (χ1) is 11.3. The van der Waals surface area contributed by atoms with Gasteiger partial charge in [0.15, 0.2) is 0 Å². The van der Waals surface area contributed by atoms with Gasteiger partial charge in [0.25, 0.3) is 0 Å². The van der Waals surface area contributed by atoms with Crippen LogP contribution in [0.1, 0.15) is 53.2 Å². The quantitative estimate of drug-likeness (QED) is 0.625. The molecular formula is C17H32N4O3. The van der Waals surface area contributed by atoms with Gasteiger partial charge in [0.05, 0.1) is 26.0 Å². The summed E-state index contributed by atoms with van der Waals surface area (Å²) in [6, 6.07) is 0. The molecule has 1 aromatic rings. The third-order valence-electron chi connectivity index (χ3n) is 3.10. The fourth-order valence-corrected chi connectivity index (χ4v) is 2.08. The number of aromatic nitrogens is 3. The molecule has 0 spiro atoms. The van der Waals surface area contributed by atoms with E-state index in [1.165, 1.54) is 11.1 Å². The highest BCUT2D eigenvalue weighted by atomic mass is 16.5. The van der Waals surface area contributed by atoms with E-state index in [1.807, 2.05) is 20.8 Å². The van der Waals surface area contributed by atoms with E-state index in [1.54, 1.807) is 6.20 Å². The molecule has 0 atom stereocenters. The van der Waals surface area contributed by atoms with E-state index in [2.05, 4.69) is 29.5 Å². The fourth-order valence-electron chi connectivity index (χ4n) is 2.08. The highest BCUT2D eigenvalue weighted by Crippen LogP contribution is 2.03. The monoisotopic (exact) mass is 340 g/mol. The van der Waals surface area contributed by atoms with E-state index < -0.39 is 0 Å². The summed E-state index contributed by atoms with van der Waals surface area (Å²) in [5.41, 5.74) is 0.456. The predicted molar refractivity (Wildman–Crippen MR) is 92.5 cm³/mol. The van der Waals surface area contributed by atoms with Crippen LogP contribution in [0.25, 0.3) is 0 Å². The minimum atomic E-state index is -0.251. The van der Waals surface area contributed by atoms with Crippen LogP contribution in [0, 0.1) is 5.92 Å². The molecule has 24 heavy (non-hydrogen) atoms. The molecule has 0 unspecified atom stereocenters. The summed E-state index contributed by atoms with van der Waals surface area (Å²) in [5.74, 6) is 0.632.